The molecule has 1 saturated heterocycles. The number of rotatable bonds is 8. The number of anilines is 2. The molecule has 31 heavy (non-hydrogen) atoms. The van der Waals surface area contributed by atoms with Crippen molar-refractivity contribution in [2.24, 2.45) is 0 Å². The van der Waals surface area contributed by atoms with E-state index in [1.54, 1.807) is 0 Å². The Morgan fingerprint density at radius 3 is 2.97 bits per heavy atom. The topological polar surface area (TPSA) is 68.7 Å². The number of aromatic nitrogens is 2. The lowest BCUT2D eigenvalue weighted by molar-refractivity contribution is 0.0357. The zero-order valence-electron chi connectivity index (χ0n) is 29.0. The second-order valence-electron chi connectivity index (χ2n) is 5.83. The Balaban J connectivity index is 1.80. The number of hydrogen-bond acceptors (Lipinski definition) is 7. The van der Waals surface area contributed by atoms with E-state index in [9.17, 15) is 4.39 Å². The minimum Gasteiger partial charge on any atom is -0.493 e. The van der Waals surface area contributed by atoms with Gasteiger partial charge in [-0.05, 0) is 30.6 Å². The predicted octanol–water partition coefficient (Wildman–Crippen LogP) is 4.28. The van der Waals surface area contributed by atoms with Crippen LogP contribution in [0.3, 0.4) is 0 Å². The highest BCUT2D eigenvalue weighted by Gasteiger charge is 2.14. The maximum atomic E-state index is 14.1. The monoisotopic (exact) mass is 459 g/mol. The van der Waals surface area contributed by atoms with E-state index in [1.165, 1.54) is 13.2 Å². The fourth-order valence-corrected chi connectivity index (χ4v) is 2.66. The van der Waals surface area contributed by atoms with E-state index in [-0.39, 0.29) is 27.4 Å². The molecule has 0 aliphatic carbocycles. The van der Waals surface area contributed by atoms with E-state index in [4.69, 9.17) is 43.6 Å². The minimum absolute atomic E-state index is 0.00861. The molecule has 2 aromatic carbocycles. The summed E-state index contributed by atoms with van der Waals surface area (Å²) < 4.78 is 137. The van der Waals surface area contributed by atoms with Crippen LogP contribution in [0.5, 0.6) is 11.5 Å². The van der Waals surface area contributed by atoms with Crippen LogP contribution in [0.1, 0.15) is 24.2 Å². The Kier molecular flexibility index (Phi) is 3.50. The van der Waals surface area contributed by atoms with Gasteiger partial charge in [-0.15, -0.1) is 0 Å². The van der Waals surface area contributed by atoms with Gasteiger partial charge in [0, 0.05) is 47.6 Å². The first-order valence-electron chi connectivity index (χ1n) is 15.2. The molecule has 0 unspecified atom stereocenters. The summed E-state index contributed by atoms with van der Waals surface area (Å²) in [6.45, 7) is -14.7. The van der Waals surface area contributed by atoms with Crippen LogP contribution in [0.25, 0.3) is 10.9 Å². The van der Waals surface area contributed by atoms with Gasteiger partial charge in [-0.1, -0.05) is 11.6 Å². The van der Waals surface area contributed by atoms with Gasteiger partial charge in [-0.2, -0.15) is 0 Å². The first-order valence-corrected chi connectivity index (χ1v) is 9.10. The van der Waals surface area contributed by atoms with E-state index in [1.807, 2.05) is 0 Å². The lowest BCUT2D eigenvalue weighted by atomic mass is 10.2. The Labute approximate surface area is 203 Å². The number of fused-ring (bicyclic) bond motifs is 1. The zero-order valence-corrected chi connectivity index (χ0v) is 16.7. The maximum absolute atomic E-state index is 14.1. The minimum atomic E-state index is -3.76. The summed E-state index contributed by atoms with van der Waals surface area (Å²) in [6.07, 6.45) is -2.69. The summed E-state index contributed by atoms with van der Waals surface area (Å²) in [5, 5.41) is 1.90. The third-order valence-corrected chi connectivity index (χ3v) is 4.18. The van der Waals surface area contributed by atoms with Gasteiger partial charge in [0.25, 0.3) is 0 Å². The Hall–Kier alpha value is -2.68. The summed E-state index contributed by atoms with van der Waals surface area (Å²) in [5.41, 5.74) is -0.272. The van der Waals surface area contributed by atoms with Gasteiger partial charge in [-0.25, -0.2) is 14.4 Å². The second-order valence-corrected chi connectivity index (χ2v) is 6.21. The number of methoxy groups -OCH3 is 1. The van der Waals surface area contributed by atoms with Crippen molar-refractivity contribution in [1.82, 2.24) is 14.9 Å². The molecule has 0 atom stereocenters. The van der Waals surface area contributed by atoms with Crippen LogP contribution in [0.4, 0.5) is 15.9 Å². The fraction of sp³-hybridized carbons (Fsp3) is 0.364. The summed E-state index contributed by atoms with van der Waals surface area (Å²) in [5.74, 6) is -2.15. The predicted molar refractivity (Wildman–Crippen MR) is 118 cm³/mol. The second kappa shape index (κ2) is 10.1. The molecule has 4 rings (SSSR count). The number of hydrogen-bond donors (Lipinski definition) is 1. The van der Waals surface area contributed by atoms with Crippen LogP contribution in [0, 0.1) is 5.82 Å². The van der Waals surface area contributed by atoms with Crippen molar-refractivity contribution >= 4 is 34.0 Å². The third kappa shape index (κ3) is 5.33. The molecule has 9 heteroatoms. The zero-order chi connectivity index (χ0) is 33.2. The normalized spacial score (nSPS) is 25.3. The van der Waals surface area contributed by atoms with Crippen LogP contribution in [0.15, 0.2) is 36.6 Å². The largest absolute Gasteiger partial charge is 0.493 e. The smallest absolute Gasteiger partial charge is 0.162 e. The van der Waals surface area contributed by atoms with Crippen molar-refractivity contribution in [3.63, 3.8) is 0 Å². The van der Waals surface area contributed by atoms with Crippen LogP contribution >= 0.6 is 11.6 Å². The van der Waals surface area contributed by atoms with Crippen LogP contribution < -0.4 is 14.8 Å². The number of benzene rings is 2. The van der Waals surface area contributed by atoms with E-state index < -0.39 is 86.0 Å². The Bertz CT molecular complexity index is 1570. The van der Waals surface area contributed by atoms with Gasteiger partial charge in [0.05, 0.1) is 44.3 Å². The summed E-state index contributed by atoms with van der Waals surface area (Å²) in [6, 6.07) is 0.0390. The summed E-state index contributed by atoms with van der Waals surface area (Å²) in [7, 11) is 1.17. The Morgan fingerprint density at radius 2 is 2.16 bits per heavy atom. The van der Waals surface area contributed by atoms with E-state index in [0.29, 0.717) is 0 Å². The summed E-state index contributed by atoms with van der Waals surface area (Å²) >= 11 is 5.81. The van der Waals surface area contributed by atoms with E-state index >= 15 is 0 Å². The SMILES string of the molecule is [2H]c1c([2H])c(Nc2ncnc3cc(OC)c(OC([2H])([2H])C([2H])([2H])C([2H])([2H])N4C([2H])([2H])COCC4([2H])[2H])cc23)c([2H])c(Cl)c1F. The van der Waals surface area contributed by atoms with Crippen LogP contribution in [-0.4, -0.2) is 61.2 Å². The average Bonchev–Trinajstić information content (AvgIpc) is 2.91. The first kappa shape index (κ1) is 10.8. The molecule has 0 saturated carbocycles. The molecule has 1 aromatic heterocycles. The molecule has 0 spiro atoms. The van der Waals surface area contributed by atoms with Crippen molar-refractivity contribution in [3.05, 3.63) is 47.4 Å². The van der Waals surface area contributed by atoms with Crippen molar-refractivity contribution in [1.29, 1.82) is 0 Å². The third-order valence-electron chi connectivity index (χ3n) is 3.92. The van der Waals surface area contributed by atoms with Crippen molar-refractivity contribution < 1.29 is 36.4 Å². The molecule has 0 bridgehead atoms. The molecule has 0 amide bonds. The molecule has 164 valence electrons. The standard InChI is InChI=1S/C22H24ClFN4O3/c1-29-20-13-19-16(12-21(20)31-8-2-5-28-6-9-30-10-7-28)22(26-14-25-19)27-15-3-4-18(24)17(23)11-15/h3-4,11-14H,2,5-10H2,1H3,(H,25,26,27)/i2D2,3D,4D,5D2,6D2,7D2,8D2,11D. The molecule has 3 aromatic rings. The van der Waals surface area contributed by atoms with Gasteiger partial charge >= 0.3 is 0 Å². The molecule has 1 N–H and O–H groups in total. The molecule has 1 aliphatic heterocycles. The number of halogens is 2. The van der Waals surface area contributed by atoms with Gasteiger partial charge in [0.2, 0.25) is 0 Å². The van der Waals surface area contributed by atoms with Gasteiger partial charge in [0.1, 0.15) is 18.0 Å². The molecule has 1 aliphatic rings. The Morgan fingerprint density at radius 1 is 1.32 bits per heavy atom. The van der Waals surface area contributed by atoms with Crippen molar-refractivity contribution in [2.75, 3.05) is 51.7 Å². The fourth-order valence-electron chi connectivity index (χ4n) is 2.52. The van der Waals surface area contributed by atoms with E-state index in [2.05, 4.69) is 15.3 Å². The highest BCUT2D eigenvalue weighted by Crippen LogP contribution is 2.35. The van der Waals surface area contributed by atoms with Crippen molar-refractivity contribution in [3.8, 4) is 11.5 Å². The molecular weight excluding hydrogens is 423 g/mol. The number of morpholine rings is 1. The average molecular weight is 460 g/mol. The highest BCUT2D eigenvalue weighted by molar-refractivity contribution is 6.31. The molecule has 0 radical (unpaired) electrons. The number of nitrogens with one attached hydrogen (secondary N) is 1. The molecule has 1 fully saturated rings. The molecular formula is C22H24ClFN4O3. The van der Waals surface area contributed by atoms with Gasteiger partial charge in [0.15, 0.2) is 11.5 Å². The molecule has 7 nitrogen and oxygen atoms in total. The molecule has 2 heterocycles. The van der Waals surface area contributed by atoms with Crippen LogP contribution in [0.2, 0.25) is 5.02 Å². The summed E-state index contributed by atoms with van der Waals surface area (Å²) in [4.78, 5) is 8.04. The first-order chi connectivity index (χ1) is 20.1. The van der Waals surface area contributed by atoms with Crippen molar-refractivity contribution in [2.45, 2.75) is 6.37 Å². The van der Waals surface area contributed by atoms with Gasteiger partial charge < -0.3 is 19.5 Å². The lowest BCUT2D eigenvalue weighted by Crippen LogP contribution is -2.37. The quantitative estimate of drug-likeness (QED) is 0.539. The highest BCUT2D eigenvalue weighted by atomic mass is 35.5. The number of nitrogens with zero attached hydrogens (tertiary/aromatic N) is 3. The van der Waals surface area contributed by atoms with E-state index in [0.717, 1.165) is 12.4 Å². The lowest BCUT2D eigenvalue weighted by Gasteiger charge is -2.26. The van der Waals surface area contributed by atoms with Crippen LogP contribution in [-0.2, 0) is 4.74 Å². The van der Waals surface area contributed by atoms with Gasteiger partial charge in [-0.3, -0.25) is 4.90 Å². The number of ether oxygens (including phenoxy) is 3. The maximum Gasteiger partial charge on any atom is 0.162 e.